The number of aromatic nitrogens is 2. The largest absolute Gasteiger partial charge is 0.494 e. The van der Waals surface area contributed by atoms with Gasteiger partial charge in [-0.15, -0.1) is 22.7 Å². The maximum atomic E-state index is 13.0. The van der Waals surface area contributed by atoms with Gasteiger partial charge in [0, 0.05) is 36.5 Å². The molecule has 0 saturated heterocycles. The van der Waals surface area contributed by atoms with E-state index in [1.807, 2.05) is 54.1 Å². The minimum atomic E-state index is -0.0858. The van der Waals surface area contributed by atoms with Crippen molar-refractivity contribution in [2.45, 2.75) is 18.6 Å². The van der Waals surface area contributed by atoms with Crippen LogP contribution in [0.15, 0.2) is 57.1 Å². The van der Waals surface area contributed by atoms with Crippen molar-refractivity contribution in [1.29, 1.82) is 0 Å². The number of hydrogen-bond donors (Lipinski definition) is 0. The van der Waals surface area contributed by atoms with Crippen molar-refractivity contribution in [3.05, 3.63) is 63.1 Å². The molecule has 9 heteroatoms. The van der Waals surface area contributed by atoms with Crippen LogP contribution >= 0.6 is 34.4 Å². The molecule has 3 heterocycles. The van der Waals surface area contributed by atoms with Crippen molar-refractivity contribution in [2.24, 2.45) is 7.05 Å². The number of nitrogens with zero attached hydrogens (tertiary/aromatic N) is 3. The first-order valence-corrected chi connectivity index (χ1v) is 12.8. The normalized spacial score (nSPS) is 11.1. The van der Waals surface area contributed by atoms with E-state index < -0.39 is 0 Å². The smallest absolute Gasteiger partial charge is 0.263 e. The number of thiophene rings is 2. The highest BCUT2D eigenvalue weighted by Gasteiger charge is 2.18. The van der Waals surface area contributed by atoms with Crippen LogP contribution < -0.4 is 10.3 Å². The molecule has 0 aliphatic rings. The maximum Gasteiger partial charge on any atom is 0.263 e. The quantitative estimate of drug-likeness (QED) is 0.263. The van der Waals surface area contributed by atoms with E-state index in [9.17, 15) is 9.59 Å². The lowest BCUT2D eigenvalue weighted by Gasteiger charge is -2.17. The van der Waals surface area contributed by atoms with Crippen LogP contribution in [0.25, 0.3) is 20.7 Å². The summed E-state index contributed by atoms with van der Waals surface area (Å²) in [5.74, 6) is 1.00. The Labute approximate surface area is 198 Å². The van der Waals surface area contributed by atoms with Gasteiger partial charge in [-0.2, -0.15) is 0 Å². The van der Waals surface area contributed by atoms with E-state index in [4.69, 9.17) is 4.74 Å². The van der Waals surface area contributed by atoms with Crippen molar-refractivity contribution < 1.29 is 9.53 Å². The Hall–Kier alpha value is -2.62. The molecular formula is C23H23N3O3S3. The lowest BCUT2D eigenvalue weighted by molar-refractivity contribution is -0.127. The summed E-state index contributed by atoms with van der Waals surface area (Å²) in [4.78, 5) is 33.8. The minimum Gasteiger partial charge on any atom is -0.494 e. The summed E-state index contributed by atoms with van der Waals surface area (Å²) in [6, 6.07) is 11.7. The van der Waals surface area contributed by atoms with Gasteiger partial charge in [-0.1, -0.05) is 30.0 Å². The predicted octanol–water partition coefficient (Wildman–Crippen LogP) is 4.87. The third-order valence-corrected chi connectivity index (χ3v) is 7.76. The Balaban J connectivity index is 1.45. The molecule has 0 aliphatic carbocycles. The van der Waals surface area contributed by atoms with Crippen LogP contribution in [-0.2, 0) is 18.4 Å². The highest BCUT2D eigenvalue weighted by atomic mass is 32.2. The van der Waals surface area contributed by atoms with E-state index in [0.29, 0.717) is 28.5 Å². The fraction of sp³-hybridized carbons (Fsp3) is 0.261. The van der Waals surface area contributed by atoms with E-state index in [-0.39, 0.29) is 17.2 Å². The van der Waals surface area contributed by atoms with Crippen LogP contribution in [0.1, 0.15) is 12.5 Å². The number of ether oxygens (including phenoxy) is 1. The first-order valence-electron chi connectivity index (χ1n) is 10.1. The monoisotopic (exact) mass is 485 g/mol. The van der Waals surface area contributed by atoms with Crippen molar-refractivity contribution in [3.8, 4) is 16.2 Å². The molecule has 3 aromatic heterocycles. The fourth-order valence-corrected chi connectivity index (χ4v) is 5.97. The summed E-state index contributed by atoms with van der Waals surface area (Å²) in [5.41, 5.74) is 1.87. The Morgan fingerprint density at radius 3 is 2.69 bits per heavy atom. The van der Waals surface area contributed by atoms with E-state index in [2.05, 4.69) is 4.98 Å². The van der Waals surface area contributed by atoms with Crippen molar-refractivity contribution in [3.63, 3.8) is 0 Å². The maximum absolute atomic E-state index is 13.0. The van der Waals surface area contributed by atoms with Crippen LogP contribution in [0, 0.1) is 0 Å². The van der Waals surface area contributed by atoms with Gasteiger partial charge >= 0.3 is 0 Å². The Morgan fingerprint density at radius 1 is 1.22 bits per heavy atom. The molecule has 6 nitrogen and oxygen atoms in total. The molecule has 0 N–H and O–H groups in total. The summed E-state index contributed by atoms with van der Waals surface area (Å²) in [6.45, 7) is 3.08. The molecule has 32 heavy (non-hydrogen) atoms. The molecular weight excluding hydrogens is 462 g/mol. The number of hydrogen-bond acceptors (Lipinski definition) is 7. The second-order valence-electron chi connectivity index (χ2n) is 7.18. The van der Waals surface area contributed by atoms with Crippen molar-refractivity contribution in [1.82, 2.24) is 14.5 Å². The number of carbonyl (C=O) groups is 1. The predicted molar refractivity (Wildman–Crippen MR) is 133 cm³/mol. The number of fused-ring (bicyclic) bond motifs is 1. The highest BCUT2D eigenvalue weighted by Crippen LogP contribution is 2.34. The molecule has 1 amide bonds. The van der Waals surface area contributed by atoms with Crippen LogP contribution in [0.3, 0.4) is 0 Å². The van der Waals surface area contributed by atoms with E-state index in [0.717, 1.165) is 21.8 Å². The lowest BCUT2D eigenvalue weighted by atomic mass is 10.2. The molecule has 166 valence electrons. The highest BCUT2D eigenvalue weighted by molar-refractivity contribution is 7.99. The summed E-state index contributed by atoms with van der Waals surface area (Å²) < 4.78 is 7.00. The van der Waals surface area contributed by atoms with Crippen LogP contribution in [0.2, 0.25) is 0 Å². The molecule has 0 spiro atoms. The molecule has 0 unspecified atom stereocenters. The summed E-state index contributed by atoms with van der Waals surface area (Å²) in [7, 11) is 3.49. The molecule has 0 radical (unpaired) electrons. The zero-order valence-corrected chi connectivity index (χ0v) is 20.5. The zero-order valence-electron chi connectivity index (χ0n) is 18.0. The third kappa shape index (κ3) is 4.74. The van der Waals surface area contributed by atoms with Gasteiger partial charge in [-0.25, -0.2) is 4.98 Å². The summed E-state index contributed by atoms with van der Waals surface area (Å²) in [5, 5.41) is 5.17. The Morgan fingerprint density at radius 2 is 2.00 bits per heavy atom. The third-order valence-electron chi connectivity index (χ3n) is 4.97. The van der Waals surface area contributed by atoms with Crippen LogP contribution in [0.5, 0.6) is 5.75 Å². The molecule has 4 rings (SSSR count). The second-order valence-corrected chi connectivity index (χ2v) is 9.93. The molecule has 0 aliphatic heterocycles. The Kier molecular flexibility index (Phi) is 6.98. The van der Waals surface area contributed by atoms with Gasteiger partial charge in [-0.05, 0) is 36.1 Å². The summed E-state index contributed by atoms with van der Waals surface area (Å²) >= 11 is 4.35. The molecule has 4 aromatic rings. The van der Waals surface area contributed by atoms with Gasteiger partial charge in [-0.3, -0.25) is 14.2 Å². The van der Waals surface area contributed by atoms with Crippen molar-refractivity contribution in [2.75, 3.05) is 19.4 Å². The molecule has 0 atom stereocenters. The molecule has 1 aromatic carbocycles. The average Bonchev–Trinajstić information content (AvgIpc) is 3.46. The molecule has 0 saturated carbocycles. The second kappa shape index (κ2) is 9.89. The van der Waals surface area contributed by atoms with E-state index >= 15 is 0 Å². The summed E-state index contributed by atoms with van der Waals surface area (Å²) in [6.07, 6.45) is 0. The fourth-order valence-electron chi connectivity index (χ4n) is 3.25. The Bertz CT molecular complexity index is 1280. The van der Waals surface area contributed by atoms with Gasteiger partial charge in [0.15, 0.2) is 5.16 Å². The molecule has 0 bridgehead atoms. The van der Waals surface area contributed by atoms with E-state index in [1.54, 1.807) is 30.3 Å². The van der Waals surface area contributed by atoms with Gasteiger partial charge < -0.3 is 9.64 Å². The topological polar surface area (TPSA) is 64.4 Å². The molecule has 0 fully saturated rings. The number of rotatable bonds is 8. The van der Waals surface area contributed by atoms with Gasteiger partial charge in [0.1, 0.15) is 10.6 Å². The van der Waals surface area contributed by atoms with Crippen molar-refractivity contribution >= 4 is 50.6 Å². The first-order chi connectivity index (χ1) is 15.5. The van der Waals surface area contributed by atoms with E-state index in [1.165, 1.54) is 27.7 Å². The average molecular weight is 486 g/mol. The van der Waals surface area contributed by atoms with Gasteiger partial charge in [0.25, 0.3) is 5.56 Å². The lowest BCUT2D eigenvalue weighted by Crippen LogP contribution is -2.28. The number of amides is 1. The van der Waals surface area contributed by atoms with Crippen LogP contribution in [-0.4, -0.2) is 39.8 Å². The standard InChI is InChI=1S/C23H23N3O3S3/c1-4-29-16-9-7-15(8-10-16)12-25(2)19(27)14-32-23-24-21-20(22(28)26(23)3)17(13-31-21)18-6-5-11-30-18/h5-11,13H,4,12,14H2,1-3H3. The zero-order chi connectivity index (χ0) is 22.7. The number of benzene rings is 1. The first kappa shape index (κ1) is 22.6. The van der Waals surface area contributed by atoms with Crippen LogP contribution in [0.4, 0.5) is 0 Å². The van der Waals surface area contributed by atoms with Gasteiger partial charge in [0.05, 0.1) is 17.7 Å². The SMILES string of the molecule is CCOc1ccc(CN(C)C(=O)CSc2nc3scc(-c4cccs4)c3c(=O)n2C)cc1. The number of thioether (sulfide) groups is 1. The number of carbonyl (C=O) groups excluding carboxylic acids is 1. The van der Waals surface area contributed by atoms with Gasteiger partial charge in [0.2, 0.25) is 5.91 Å². The minimum absolute atomic E-state index is 0.0244.